The number of hydrogen-bond acceptors (Lipinski definition) is 5. The van der Waals surface area contributed by atoms with E-state index in [4.69, 9.17) is 9.47 Å². The van der Waals surface area contributed by atoms with Crippen LogP contribution in [-0.2, 0) is 11.8 Å². The van der Waals surface area contributed by atoms with Crippen LogP contribution >= 0.6 is 0 Å². The summed E-state index contributed by atoms with van der Waals surface area (Å²) in [5.41, 5.74) is 2.60. The number of aromatic nitrogens is 3. The molecule has 2 atom stereocenters. The van der Waals surface area contributed by atoms with E-state index in [-0.39, 0.29) is 23.7 Å². The van der Waals surface area contributed by atoms with Gasteiger partial charge in [0.25, 0.3) is 0 Å². The summed E-state index contributed by atoms with van der Waals surface area (Å²) in [6.45, 7) is 2.51. The summed E-state index contributed by atoms with van der Waals surface area (Å²) in [5.74, 6) is 0.220. The van der Waals surface area contributed by atoms with Crippen molar-refractivity contribution in [2.24, 2.45) is 13.0 Å². The molecule has 0 radical (unpaired) electrons. The topological polar surface area (TPSA) is 78.3 Å². The number of aryl methyl sites for hydroxylation is 1. The first-order valence-electron chi connectivity index (χ1n) is 9.05. The van der Waals surface area contributed by atoms with E-state index in [2.05, 4.69) is 15.3 Å². The van der Waals surface area contributed by atoms with Crippen molar-refractivity contribution in [1.82, 2.24) is 19.9 Å². The van der Waals surface area contributed by atoms with E-state index < -0.39 is 5.82 Å². The van der Waals surface area contributed by atoms with Gasteiger partial charge in [-0.25, -0.2) is 14.4 Å². The van der Waals surface area contributed by atoms with Crippen molar-refractivity contribution in [3.8, 4) is 22.9 Å². The average Bonchev–Trinajstić information content (AvgIpc) is 3.27. The van der Waals surface area contributed by atoms with Crippen LogP contribution in [-0.4, -0.2) is 40.2 Å². The lowest BCUT2D eigenvalue weighted by Crippen LogP contribution is -2.26. The zero-order valence-corrected chi connectivity index (χ0v) is 15.9. The summed E-state index contributed by atoms with van der Waals surface area (Å²) in [5, 5.41) is 2.82. The largest absolute Gasteiger partial charge is 0.494 e. The van der Waals surface area contributed by atoms with Gasteiger partial charge in [0.05, 0.1) is 24.6 Å². The Bertz CT molecular complexity index is 1050. The maximum Gasteiger partial charge on any atom is 0.241 e. The van der Waals surface area contributed by atoms with E-state index in [9.17, 15) is 9.18 Å². The molecule has 1 aliphatic heterocycles. The Morgan fingerprint density at radius 1 is 1.36 bits per heavy atom. The van der Waals surface area contributed by atoms with Crippen LogP contribution in [0.1, 0.15) is 13.3 Å². The molecule has 4 rings (SSSR count). The number of ether oxygens (including phenoxy) is 2. The van der Waals surface area contributed by atoms with Crippen molar-refractivity contribution in [2.45, 2.75) is 19.4 Å². The molecule has 0 aliphatic carbocycles. The third-order valence-electron chi connectivity index (χ3n) is 5.08. The molecule has 7 nitrogen and oxygen atoms in total. The summed E-state index contributed by atoms with van der Waals surface area (Å²) in [7, 11) is 3.29. The van der Waals surface area contributed by atoms with E-state index in [1.807, 2.05) is 18.5 Å². The number of imidazole rings is 1. The number of halogens is 1. The predicted molar refractivity (Wildman–Crippen MR) is 102 cm³/mol. The minimum absolute atomic E-state index is 0.0292. The van der Waals surface area contributed by atoms with Crippen LogP contribution in [0.2, 0.25) is 0 Å². The lowest BCUT2D eigenvalue weighted by Gasteiger charge is -2.20. The van der Waals surface area contributed by atoms with Crippen LogP contribution in [0, 0.1) is 11.7 Å². The molecule has 28 heavy (non-hydrogen) atoms. The van der Waals surface area contributed by atoms with Crippen molar-refractivity contribution in [2.75, 3.05) is 13.7 Å². The van der Waals surface area contributed by atoms with Crippen LogP contribution in [0.25, 0.3) is 22.3 Å². The number of methoxy groups -OCH3 is 1. The Morgan fingerprint density at radius 3 is 2.86 bits per heavy atom. The Morgan fingerprint density at radius 2 is 2.18 bits per heavy atom. The van der Waals surface area contributed by atoms with Crippen LogP contribution in [0.3, 0.4) is 0 Å². The predicted octanol–water partition coefficient (Wildman–Crippen LogP) is 2.69. The minimum Gasteiger partial charge on any atom is -0.494 e. The number of pyridine rings is 1. The summed E-state index contributed by atoms with van der Waals surface area (Å²) < 4.78 is 27.1. The van der Waals surface area contributed by atoms with Gasteiger partial charge < -0.3 is 19.4 Å². The van der Waals surface area contributed by atoms with Crippen LogP contribution in [0.5, 0.6) is 11.6 Å². The van der Waals surface area contributed by atoms with Crippen LogP contribution in [0.15, 0.2) is 30.6 Å². The quantitative estimate of drug-likeness (QED) is 0.732. The Balaban J connectivity index is 1.73. The Kier molecular flexibility index (Phi) is 4.62. The zero-order chi connectivity index (χ0) is 19.8. The summed E-state index contributed by atoms with van der Waals surface area (Å²) in [6, 6.07) is 6.48. The van der Waals surface area contributed by atoms with Gasteiger partial charge in [-0.15, -0.1) is 0 Å². The standard InChI is InChI=1S/C20H21FN4O3/c1-11(13-7-18(26)22-9-13)28-20-19-16(23-10-25(19)2)8-15(24-20)12-4-5-17(27-3)14(21)6-12/h4-6,8,10-11,13H,7,9H2,1-3H3,(H,22,26)/t11?,13-/m1/s1. The van der Waals surface area contributed by atoms with E-state index in [1.165, 1.54) is 13.2 Å². The number of carbonyl (C=O) groups is 1. The number of nitrogens with zero attached hydrogens (tertiary/aromatic N) is 3. The second kappa shape index (κ2) is 7.10. The number of nitrogens with one attached hydrogen (secondary N) is 1. The summed E-state index contributed by atoms with van der Waals surface area (Å²) in [4.78, 5) is 20.5. The molecule has 1 aromatic carbocycles. The number of carbonyl (C=O) groups excluding carboxylic acids is 1. The van der Waals surface area contributed by atoms with Gasteiger partial charge in [-0.1, -0.05) is 0 Å². The molecule has 1 fully saturated rings. The molecule has 1 amide bonds. The van der Waals surface area contributed by atoms with Gasteiger partial charge in [-0.2, -0.15) is 0 Å². The highest BCUT2D eigenvalue weighted by Gasteiger charge is 2.29. The SMILES string of the molecule is COc1ccc(-c2cc3ncn(C)c3c(OC(C)[C@H]3CNC(=O)C3)n2)cc1F. The van der Waals surface area contributed by atoms with Crippen LogP contribution < -0.4 is 14.8 Å². The molecular formula is C20H21FN4O3. The molecule has 1 N–H and O–H groups in total. The molecule has 2 aromatic heterocycles. The molecule has 0 saturated carbocycles. The fourth-order valence-electron chi connectivity index (χ4n) is 3.43. The van der Waals surface area contributed by atoms with Crippen molar-refractivity contribution >= 4 is 16.9 Å². The first-order chi connectivity index (χ1) is 13.5. The maximum atomic E-state index is 14.2. The molecular weight excluding hydrogens is 363 g/mol. The molecule has 0 bridgehead atoms. The normalized spacial score (nSPS) is 17.6. The van der Waals surface area contributed by atoms with Gasteiger partial charge in [-0.3, -0.25) is 4.79 Å². The fraction of sp³-hybridized carbons (Fsp3) is 0.350. The number of benzene rings is 1. The number of hydrogen-bond donors (Lipinski definition) is 1. The first kappa shape index (κ1) is 18.2. The Hall–Kier alpha value is -3.16. The smallest absolute Gasteiger partial charge is 0.241 e. The van der Waals surface area contributed by atoms with Gasteiger partial charge >= 0.3 is 0 Å². The second-order valence-corrected chi connectivity index (χ2v) is 6.98. The van der Waals surface area contributed by atoms with Gasteiger partial charge in [0.1, 0.15) is 11.6 Å². The van der Waals surface area contributed by atoms with Crippen molar-refractivity contribution in [1.29, 1.82) is 0 Å². The van der Waals surface area contributed by atoms with Gasteiger partial charge in [0, 0.05) is 31.5 Å². The second-order valence-electron chi connectivity index (χ2n) is 6.98. The highest BCUT2D eigenvalue weighted by molar-refractivity contribution is 5.84. The highest BCUT2D eigenvalue weighted by atomic mass is 19.1. The molecule has 1 aliphatic rings. The van der Waals surface area contributed by atoms with Gasteiger partial charge in [-0.05, 0) is 31.2 Å². The number of fused-ring (bicyclic) bond motifs is 1. The Labute approximate surface area is 161 Å². The van der Waals surface area contributed by atoms with Crippen molar-refractivity contribution < 1.29 is 18.7 Å². The molecule has 3 heterocycles. The van der Waals surface area contributed by atoms with Gasteiger partial charge in [0.2, 0.25) is 11.8 Å². The monoisotopic (exact) mass is 384 g/mol. The highest BCUT2D eigenvalue weighted by Crippen LogP contribution is 2.32. The van der Waals surface area contributed by atoms with E-state index in [1.54, 1.807) is 24.5 Å². The third kappa shape index (κ3) is 3.26. The third-order valence-corrected chi connectivity index (χ3v) is 5.08. The molecule has 3 aromatic rings. The summed E-state index contributed by atoms with van der Waals surface area (Å²) in [6.07, 6.45) is 1.90. The average molecular weight is 384 g/mol. The lowest BCUT2D eigenvalue weighted by atomic mass is 10.0. The van der Waals surface area contributed by atoms with Crippen LogP contribution in [0.4, 0.5) is 4.39 Å². The number of rotatable bonds is 5. The van der Waals surface area contributed by atoms with Crippen molar-refractivity contribution in [3.63, 3.8) is 0 Å². The lowest BCUT2D eigenvalue weighted by molar-refractivity contribution is -0.119. The number of amides is 1. The minimum atomic E-state index is -0.464. The molecule has 0 spiro atoms. The fourth-order valence-corrected chi connectivity index (χ4v) is 3.43. The first-order valence-corrected chi connectivity index (χ1v) is 9.05. The summed E-state index contributed by atoms with van der Waals surface area (Å²) >= 11 is 0. The molecule has 1 saturated heterocycles. The molecule has 8 heteroatoms. The van der Waals surface area contributed by atoms with E-state index in [0.717, 1.165) is 5.52 Å². The maximum absolute atomic E-state index is 14.2. The molecule has 146 valence electrons. The van der Waals surface area contributed by atoms with Crippen molar-refractivity contribution in [3.05, 3.63) is 36.4 Å². The van der Waals surface area contributed by atoms with Gasteiger partial charge in [0.15, 0.2) is 11.6 Å². The van der Waals surface area contributed by atoms with E-state index >= 15 is 0 Å². The molecule has 1 unspecified atom stereocenters. The van der Waals surface area contributed by atoms with E-state index in [0.29, 0.717) is 35.6 Å². The zero-order valence-electron chi connectivity index (χ0n) is 15.9.